The molecular weight excluding hydrogens is 282 g/mol. The smallest absolute Gasteiger partial charge is 0.251 e. The number of rotatable bonds is 3. The Morgan fingerprint density at radius 1 is 1.45 bits per heavy atom. The van der Waals surface area contributed by atoms with E-state index in [0.29, 0.717) is 43.6 Å². The molecule has 1 atom stereocenters. The number of nitrogens with one attached hydrogen (secondary N) is 1. The lowest BCUT2D eigenvalue weighted by atomic mass is 10.0. The molecule has 1 saturated carbocycles. The number of hydrogen-bond acceptors (Lipinski definition) is 4. The van der Waals surface area contributed by atoms with Crippen molar-refractivity contribution in [1.29, 1.82) is 0 Å². The van der Waals surface area contributed by atoms with Crippen molar-refractivity contribution < 1.29 is 9.53 Å². The summed E-state index contributed by atoms with van der Waals surface area (Å²) < 4.78 is 5.72. The van der Waals surface area contributed by atoms with E-state index in [-0.39, 0.29) is 17.6 Å². The van der Waals surface area contributed by atoms with E-state index < -0.39 is 0 Å². The Kier molecular flexibility index (Phi) is 4.57. The maximum Gasteiger partial charge on any atom is 0.251 e. The summed E-state index contributed by atoms with van der Waals surface area (Å²) in [5, 5.41) is 0. The molecule has 1 aromatic rings. The molecule has 2 heterocycles. The van der Waals surface area contributed by atoms with Crippen molar-refractivity contribution in [2.75, 3.05) is 19.7 Å². The Morgan fingerprint density at radius 2 is 2.23 bits per heavy atom. The zero-order chi connectivity index (χ0) is 15.5. The summed E-state index contributed by atoms with van der Waals surface area (Å²) in [6, 6.07) is 1.46. The standard InChI is InChI=1S/C16H23N3O3/c1-11-17-13(9-15(20)18-11)14-10-19(6-7-22-14)16(21)8-12-4-2-3-5-12/h9,12,14H,2-8,10H2,1H3,(H,17,18,20). The molecule has 3 rings (SSSR count). The van der Waals surface area contributed by atoms with Crippen molar-refractivity contribution in [3.05, 3.63) is 27.9 Å². The summed E-state index contributed by atoms with van der Waals surface area (Å²) in [5.41, 5.74) is 0.431. The van der Waals surface area contributed by atoms with E-state index in [1.807, 2.05) is 4.90 Å². The minimum Gasteiger partial charge on any atom is -0.368 e. The summed E-state index contributed by atoms with van der Waals surface area (Å²) in [4.78, 5) is 32.8. The Labute approximate surface area is 129 Å². The SMILES string of the molecule is Cc1nc(C2CN(C(=O)CC3CCCC3)CCO2)cc(=O)[nH]1. The van der Waals surface area contributed by atoms with Gasteiger partial charge in [-0.25, -0.2) is 4.98 Å². The fourth-order valence-electron chi connectivity index (χ4n) is 3.41. The Hall–Kier alpha value is -1.69. The van der Waals surface area contributed by atoms with Crippen LogP contribution in [-0.4, -0.2) is 40.5 Å². The van der Waals surface area contributed by atoms with Gasteiger partial charge in [0, 0.05) is 19.0 Å². The number of nitrogens with zero attached hydrogens (tertiary/aromatic N) is 2. The fourth-order valence-corrected chi connectivity index (χ4v) is 3.41. The predicted molar refractivity (Wildman–Crippen MR) is 81.4 cm³/mol. The van der Waals surface area contributed by atoms with Crippen LogP contribution in [0.25, 0.3) is 0 Å². The van der Waals surface area contributed by atoms with Gasteiger partial charge in [0.25, 0.3) is 5.56 Å². The Balaban J connectivity index is 1.65. The largest absolute Gasteiger partial charge is 0.368 e. The molecular formula is C16H23N3O3. The number of carbonyl (C=O) groups is 1. The molecule has 1 unspecified atom stereocenters. The number of ether oxygens (including phenoxy) is 1. The van der Waals surface area contributed by atoms with Gasteiger partial charge in [0.2, 0.25) is 5.91 Å². The molecule has 1 aliphatic heterocycles. The first-order valence-corrected chi connectivity index (χ1v) is 8.09. The van der Waals surface area contributed by atoms with Crippen LogP contribution in [0.4, 0.5) is 0 Å². The van der Waals surface area contributed by atoms with E-state index in [9.17, 15) is 9.59 Å². The number of aromatic amines is 1. The average Bonchev–Trinajstić information content (AvgIpc) is 2.99. The van der Waals surface area contributed by atoms with Crippen molar-refractivity contribution in [3.63, 3.8) is 0 Å². The van der Waals surface area contributed by atoms with Crippen LogP contribution in [0.2, 0.25) is 0 Å². The van der Waals surface area contributed by atoms with Crippen molar-refractivity contribution in [2.45, 2.75) is 45.1 Å². The molecule has 0 radical (unpaired) electrons. The van der Waals surface area contributed by atoms with Crippen LogP contribution >= 0.6 is 0 Å². The molecule has 6 heteroatoms. The van der Waals surface area contributed by atoms with E-state index in [1.165, 1.54) is 31.7 Å². The molecule has 0 spiro atoms. The number of amides is 1. The van der Waals surface area contributed by atoms with E-state index >= 15 is 0 Å². The topological polar surface area (TPSA) is 75.3 Å². The second-order valence-electron chi connectivity index (χ2n) is 6.31. The quantitative estimate of drug-likeness (QED) is 0.919. The maximum absolute atomic E-state index is 12.4. The van der Waals surface area contributed by atoms with Crippen LogP contribution < -0.4 is 5.56 Å². The fraction of sp³-hybridized carbons (Fsp3) is 0.688. The molecule has 1 amide bonds. The van der Waals surface area contributed by atoms with Crippen LogP contribution in [0.5, 0.6) is 0 Å². The second-order valence-corrected chi connectivity index (χ2v) is 6.31. The molecule has 1 N–H and O–H groups in total. The number of aromatic nitrogens is 2. The molecule has 1 aliphatic carbocycles. The Bertz CT molecular complexity index is 593. The highest BCUT2D eigenvalue weighted by Gasteiger charge is 2.28. The number of aryl methyl sites for hydroxylation is 1. The number of H-pyrrole nitrogens is 1. The molecule has 1 aromatic heterocycles. The van der Waals surface area contributed by atoms with Gasteiger partial charge < -0.3 is 14.6 Å². The zero-order valence-electron chi connectivity index (χ0n) is 13.0. The lowest BCUT2D eigenvalue weighted by Crippen LogP contribution is -2.43. The van der Waals surface area contributed by atoms with Crippen molar-refractivity contribution in [3.8, 4) is 0 Å². The molecule has 2 aliphatic rings. The molecule has 6 nitrogen and oxygen atoms in total. The van der Waals surface area contributed by atoms with E-state index in [4.69, 9.17) is 4.74 Å². The second kappa shape index (κ2) is 6.60. The van der Waals surface area contributed by atoms with Gasteiger partial charge in [-0.1, -0.05) is 12.8 Å². The highest BCUT2D eigenvalue weighted by molar-refractivity contribution is 5.76. The van der Waals surface area contributed by atoms with Gasteiger partial charge in [-0.05, 0) is 25.7 Å². The summed E-state index contributed by atoms with van der Waals surface area (Å²) in [5.74, 6) is 1.33. The number of hydrogen-bond donors (Lipinski definition) is 1. The molecule has 2 fully saturated rings. The number of carbonyl (C=O) groups excluding carboxylic acids is 1. The molecule has 0 bridgehead atoms. The van der Waals surface area contributed by atoms with Crippen LogP contribution in [0, 0.1) is 12.8 Å². The van der Waals surface area contributed by atoms with E-state index in [1.54, 1.807) is 6.92 Å². The summed E-state index contributed by atoms with van der Waals surface area (Å²) in [6.07, 6.45) is 5.19. The van der Waals surface area contributed by atoms with Crippen LogP contribution in [0.15, 0.2) is 10.9 Å². The van der Waals surface area contributed by atoms with Gasteiger partial charge in [0.15, 0.2) is 0 Å². The molecule has 22 heavy (non-hydrogen) atoms. The van der Waals surface area contributed by atoms with Crippen LogP contribution in [0.3, 0.4) is 0 Å². The third-order valence-electron chi connectivity index (χ3n) is 4.57. The van der Waals surface area contributed by atoms with Crippen LogP contribution in [-0.2, 0) is 9.53 Å². The highest BCUT2D eigenvalue weighted by Crippen LogP contribution is 2.29. The third-order valence-corrected chi connectivity index (χ3v) is 4.57. The minimum atomic E-state index is -0.303. The normalized spacial score (nSPS) is 23.0. The van der Waals surface area contributed by atoms with E-state index in [0.717, 1.165) is 0 Å². The third kappa shape index (κ3) is 3.55. The lowest BCUT2D eigenvalue weighted by Gasteiger charge is -2.33. The molecule has 120 valence electrons. The molecule has 0 aromatic carbocycles. The first kappa shape index (κ1) is 15.2. The Morgan fingerprint density at radius 3 is 2.95 bits per heavy atom. The number of morpholine rings is 1. The van der Waals surface area contributed by atoms with Gasteiger partial charge in [0.1, 0.15) is 11.9 Å². The van der Waals surface area contributed by atoms with Gasteiger partial charge >= 0.3 is 0 Å². The van der Waals surface area contributed by atoms with Crippen molar-refractivity contribution in [1.82, 2.24) is 14.9 Å². The zero-order valence-corrected chi connectivity index (χ0v) is 13.0. The van der Waals surface area contributed by atoms with Gasteiger partial charge in [-0.2, -0.15) is 0 Å². The lowest BCUT2D eigenvalue weighted by molar-refractivity contribution is -0.140. The van der Waals surface area contributed by atoms with Crippen LogP contribution in [0.1, 0.15) is 49.7 Å². The predicted octanol–water partition coefficient (Wildman–Crippen LogP) is 1.56. The van der Waals surface area contributed by atoms with Crippen molar-refractivity contribution >= 4 is 5.91 Å². The monoisotopic (exact) mass is 305 g/mol. The minimum absolute atomic E-state index is 0.180. The first-order valence-electron chi connectivity index (χ1n) is 8.09. The van der Waals surface area contributed by atoms with Gasteiger partial charge in [-0.15, -0.1) is 0 Å². The highest BCUT2D eigenvalue weighted by atomic mass is 16.5. The summed E-state index contributed by atoms with van der Waals surface area (Å²) in [6.45, 7) is 3.36. The maximum atomic E-state index is 12.4. The molecule has 1 saturated heterocycles. The van der Waals surface area contributed by atoms with Crippen molar-refractivity contribution in [2.24, 2.45) is 5.92 Å². The summed E-state index contributed by atoms with van der Waals surface area (Å²) >= 11 is 0. The van der Waals surface area contributed by atoms with E-state index in [2.05, 4.69) is 9.97 Å². The first-order chi connectivity index (χ1) is 10.6. The van der Waals surface area contributed by atoms with Gasteiger partial charge in [-0.3, -0.25) is 9.59 Å². The van der Waals surface area contributed by atoms with Gasteiger partial charge in [0.05, 0.1) is 18.8 Å². The summed E-state index contributed by atoms with van der Waals surface area (Å²) in [7, 11) is 0. The average molecular weight is 305 g/mol.